The van der Waals surface area contributed by atoms with Gasteiger partial charge in [-0.2, -0.15) is 0 Å². The Labute approximate surface area is 116 Å². The minimum atomic E-state index is 0.356. The molecular formula is C15H26N4. The van der Waals surface area contributed by atoms with Crippen molar-refractivity contribution in [2.45, 2.75) is 59.4 Å². The molecule has 0 aromatic carbocycles. The zero-order chi connectivity index (χ0) is 14.0. The van der Waals surface area contributed by atoms with Crippen LogP contribution in [-0.2, 0) is 0 Å². The molecule has 1 N–H and O–H groups in total. The van der Waals surface area contributed by atoms with E-state index in [4.69, 9.17) is 4.98 Å². The van der Waals surface area contributed by atoms with Gasteiger partial charge in [0.25, 0.3) is 0 Å². The molecule has 1 aromatic rings. The van der Waals surface area contributed by atoms with Gasteiger partial charge in [0.15, 0.2) is 0 Å². The van der Waals surface area contributed by atoms with Crippen LogP contribution in [0.5, 0.6) is 0 Å². The number of hydrogen-bond acceptors (Lipinski definition) is 4. The van der Waals surface area contributed by atoms with E-state index in [9.17, 15) is 0 Å². The highest BCUT2D eigenvalue weighted by Crippen LogP contribution is 2.30. The van der Waals surface area contributed by atoms with E-state index in [0.717, 1.165) is 30.5 Å². The molecule has 1 unspecified atom stereocenters. The molecule has 0 bridgehead atoms. The molecule has 0 amide bonds. The van der Waals surface area contributed by atoms with E-state index in [1.54, 1.807) is 0 Å². The summed E-state index contributed by atoms with van der Waals surface area (Å²) in [7, 11) is 0. The van der Waals surface area contributed by atoms with Gasteiger partial charge in [0.1, 0.15) is 17.5 Å². The Kier molecular flexibility index (Phi) is 4.27. The average molecular weight is 262 g/mol. The summed E-state index contributed by atoms with van der Waals surface area (Å²) < 4.78 is 0. The van der Waals surface area contributed by atoms with Crippen molar-refractivity contribution in [2.24, 2.45) is 0 Å². The third-order valence-electron chi connectivity index (χ3n) is 3.82. The van der Waals surface area contributed by atoms with E-state index in [-0.39, 0.29) is 0 Å². The first-order chi connectivity index (χ1) is 9.04. The lowest BCUT2D eigenvalue weighted by atomic mass is 10.2. The maximum atomic E-state index is 4.82. The highest BCUT2D eigenvalue weighted by atomic mass is 15.2. The van der Waals surface area contributed by atoms with Crippen LogP contribution in [0.15, 0.2) is 0 Å². The number of nitrogens with zero attached hydrogens (tertiary/aromatic N) is 3. The number of rotatable bonds is 4. The van der Waals surface area contributed by atoms with Crippen LogP contribution in [-0.4, -0.2) is 29.1 Å². The van der Waals surface area contributed by atoms with Gasteiger partial charge in [-0.15, -0.1) is 0 Å². The van der Waals surface area contributed by atoms with Crippen molar-refractivity contribution in [3.8, 4) is 0 Å². The highest BCUT2D eigenvalue weighted by molar-refractivity contribution is 5.59. The molecule has 2 rings (SSSR count). The van der Waals surface area contributed by atoms with Gasteiger partial charge in [0.05, 0.1) is 0 Å². The lowest BCUT2D eigenvalue weighted by Gasteiger charge is -2.26. The second kappa shape index (κ2) is 5.76. The van der Waals surface area contributed by atoms with Crippen LogP contribution in [0.4, 0.5) is 11.6 Å². The van der Waals surface area contributed by atoms with Gasteiger partial charge < -0.3 is 10.2 Å². The van der Waals surface area contributed by atoms with Gasteiger partial charge in [-0.3, -0.25) is 0 Å². The highest BCUT2D eigenvalue weighted by Gasteiger charge is 2.25. The van der Waals surface area contributed by atoms with Crippen molar-refractivity contribution in [1.82, 2.24) is 9.97 Å². The fraction of sp³-hybridized carbons (Fsp3) is 0.733. The van der Waals surface area contributed by atoms with Crippen molar-refractivity contribution >= 4 is 11.6 Å². The molecule has 1 aliphatic rings. The molecule has 106 valence electrons. The van der Waals surface area contributed by atoms with Gasteiger partial charge in [-0.05, 0) is 33.6 Å². The summed E-state index contributed by atoms with van der Waals surface area (Å²) in [5.74, 6) is 3.42. The Balaban J connectivity index is 2.45. The fourth-order valence-electron chi connectivity index (χ4n) is 2.65. The minimum absolute atomic E-state index is 0.356. The van der Waals surface area contributed by atoms with Crippen LogP contribution in [0.2, 0.25) is 0 Å². The first kappa shape index (κ1) is 14.1. The van der Waals surface area contributed by atoms with Gasteiger partial charge in [0.2, 0.25) is 0 Å². The van der Waals surface area contributed by atoms with Crippen LogP contribution in [0, 0.1) is 6.92 Å². The fourth-order valence-corrected chi connectivity index (χ4v) is 2.65. The second-order valence-corrected chi connectivity index (χ2v) is 5.75. The Bertz CT molecular complexity index is 442. The molecule has 0 radical (unpaired) electrons. The molecule has 1 aliphatic heterocycles. The van der Waals surface area contributed by atoms with Crippen molar-refractivity contribution in [3.05, 3.63) is 11.4 Å². The van der Waals surface area contributed by atoms with Crippen LogP contribution >= 0.6 is 0 Å². The van der Waals surface area contributed by atoms with Crippen LogP contribution in [0.1, 0.15) is 57.8 Å². The van der Waals surface area contributed by atoms with Crippen molar-refractivity contribution in [2.75, 3.05) is 23.3 Å². The third kappa shape index (κ3) is 2.82. The molecule has 4 nitrogen and oxygen atoms in total. The molecule has 1 saturated heterocycles. The average Bonchev–Trinajstić information content (AvgIpc) is 2.78. The minimum Gasteiger partial charge on any atom is -0.370 e. The normalized spacial score (nSPS) is 19.3. The number of nitrogens with one attached hydrogen (secondary N) is 1. The molecular weight excluding hydrogens is 236 g/mol. The smallest absolute Gasteiger partial charge is 0.137 e. The Morgan fingerprint density at radius 3 is 2.63 bits per heavy atom. The van der Waals surface area contributed by atoms with Gasteiger partial charge in [-0.1, -0.05) is 13.8 Å². The maximum absolute atomic E-state index is 4.82. The zero-order valence-electron chi connectivity index (χ0n) is 12.8. The third-order valence-corrected chi connectivity index (χ3v) is 3.82. The van der Waals surface area contributed by atoms with E-state index in [0.29, 0.717) is 12.0 Å². The molecule has 2 heterocycles. The molecule has 1 aromatic heterocycles. The molecule has 0 spiro atoms. The first-order valence-corrected chi connectivity index (χ1v) is 7.43. The predicted molar refractivity (Wildman–Crippen MR) is 81.1 cm³/mol. The molecule has 1 fully saturated rings. The summed E-state index contributed by atoms with van der Waals surface area (Å²) >= 11 is 0. The number of aromatic nitrogens is 2. The lowest BCUT2D eigenvalue weighted by Crippen LogP contribution is -2.29. The van der Waals surface area contributed by atoms with Crippen LogP contribution in [0.3, 0.4) is 0 Å². The topological polar surface area (TPSA) is 41.1 Å². The Morgan fingerprint density at radius 1 is 1.37 bits per heavy atom. The summed E-state index contributed by atoms with van der Waals surface area (Å²) in [4.78, 5) is 11.9. The first-order valence-electron chi connectivity index (χ1n) is 7.43. The van der Waals surface area contributed by atoms with E-state index in [2.05, 4.69) is 49.8 Å². The van der Waals surface area contributed by atoms with Crippen LogP contribution in [0.25, 0.3) is 0 Å². The monoisotopic (exact) mass is 262 g/mol. The summed E-state index contributed by atoms with van der Waals surface area (Å²) in [5.41, 5.74) is 1.18. The lowest BCUT2D eigenvalue weighted by molar-refractivity contribution is 0.708. The largest absolute Gasteiger partial charge is 0.370 e. The Morgan fingerprint density at radius 2 is 2.11 bits per heavy atom. The van der Waals surface area contributed by atoms with Crippen molar-refractivity contribution in [1.29, 1.82) is 0 Å². The number of hydrogen-bond donors (Lipinski definition) is 1. The predicted octanol–water partition coefficient (Wildman–Crippen LogP) is 3.33. The standard InChI is InChI=1S/C15H26N4/c1-6-16-14-12(5)15(18-13(17-14)10(2)3)19-9-7-8-11(19)4/h10-11H,6-9H2,1-5H3,(H,16,17,18). The van der Waals surface area contributed by atoms with E-state index >= 15 is 0 Å². The summed E-state index contributed by atoms with van der Waals surface area (Å²) in [5, 5.41) is 3.37. The van der Waals surface area contributed by atoms with Gasteiger partial charge in [0, 0.05) is 30.6 Å². The molecule has 0 aliphatic carbocycles. The Hall–Kier alpha value is -1.32. The van der Waals surface area contributed by atoms with Gasteiger partial charge in [-0.25, -0.2) is 9.97 Å². The molecule has 4 heteroatoms. The second-order valence-electron chi connectivity index (χ2n) is 5.75. The van der Waals surface area contributed by atoms with Crippen LogP contribution < -0.4 is 10.2 Å². The summed E-state index contributed by atoms with van der Waals surface area (Å²) in [6.07, 6.45) is 2.52. The molecule has 0 saturated carbocycles. The van der Waals surface area contributed by atoms with E-state index in [1.807, 2.05) is 0 Å². The molecule has 1 atom stereocenters. The zero-order valence-corrected chi connectivity index (χ0v) is 12.8. The van der Waals surface area contributed by atoms with Crippen molar-refractivity contribution < 1.29 is 0 Å². The SMILES string of the molecule is CCNc1nc(C(C)C)nc(N2CCCC2C)c1C. The quantitative estimate of drug-likeness (QED) is 0.903. The molecule has 19 heavy (non-hydrogen) atoms. The summed E-state index contributed by atoms with van der Waals surface area (Å²) in [6, 6.07) is 0.586. The van der Waals surface area contributed by atoms with E-state index < -0.39 is 0 Å². The number of anilines is 2. The summed E-state index contributed by atoms with van der Waals surface area (Å²) in [6.45, 7) is 12.8. The maximum Gasteiger partial charge on any atom is 0.137 e. The van der Waals surface area contributed by atoms with Crippen molar-refractivity contribution in [3.63, 3.8) is 0 Å². The van der Waals surface area contributed by atoms with Gasteiger partial charge >= 0.3 is 0 Å². The van der Waals surface area contributed by atoms with E-state index in [1.165, 1.54) is 18.4 Å².